The molecule has 2 fully saturated rings. The highest BCUT2D eigenvalue weighted by molar-refractivity contribution is 7.80. The summed E-state index contributed by atoms with van der Waals surface area (Å²) in [6.45, 7) is 10.6. The van der Waals surface area contributed by atoms with Crippen LogP contribution in [0.3, 0.4) is 0 Å². The van der Waals surface area contributed by atoms with E-state index in [1.165, 1.54) is 19.3 Å². The second kappa shape index (κ2) is 8.81. The maximum atomic E-state index is 5.48. The second-order valence-corrected chi connectivity index (χ2v) is 7.71. The molecule has 8 heteroatoms. The van der Waals surface area contributed by atoms with Gasteiger partial charge in [-0.2, -0.15) is 9.97 Å². The first kappa shape index (κ1) is 19.1. The van der Waals surface area contributed by atoms with Gasteiger partial charge in [0.25, 0.3) is 0 Å². The van der Waals surface area contributed by atoms with Gasteiger partial charge in [-0.3, -0.25) is 0 Å². The number of nitrogens with one attached hydrogen (secondary N) is 2. The number of aromatic nitrogens is 2. The smallest absolute Gasteiger partial charge is 0.232 e. The van der Waals surface area contributed by atoms with Crippen molar-refractivity contribution in [1.82, 2.24) is 15.3 Å². The van der Waals surface area contributed by atoms with Crippen molar-refractivity contribution >= 4 is 34.9 Å². The quantitative estimate of drug-likeness (QED) is 0.775. The predicted molar refractivity (Wildman–Crippen MR) is 110 cm³/mol. The van der Waals surface area contributed by atoms with Crippen molar-refractivity contribution in [3.63, 3.8) is 0 Å². The van der Waals surface area contributed by atoms with Gasteiger partial charge < -0.3 is 25.2 Å². The van der Waals surface area contributed by atoms with Gasteiger partial charge >= 0.3 is 0 Å². The van der Waals surface area contributed by atoms with Gasteiger partial charge in [0.2, 0.25) is 5.95 Å². The monoisotopic (exact) mass is 378 g/mol. The van der Waals surface area contributed by atoms with E-state index in [9.17, 15) is 0 Å². The van der Waals surface area contributed by atoms with Gasteiger partial charge in [-0.1, -0.05) is 0 Å². The lowest BCUT2D eigenvalue weighted by atomic mass is 10.0. The molecule has 1 atom stereocenters. The standard InChI is InChI=1S/C18H30N6OS/c1-13(2)19-18(26)22-17-20-15(23-8-10-25-11-9-23)12-16(21-17)24-7-5-4-6-14(24)3/h12-14H,4-11H2,1-3H3,(H2,19,20,21,22,26). The van der Waals surface area contributed by atoms with E-state index in [-0.39, 0.29) is 6.04 Å². The molecule has 2 N–H and O–H groups in total. The van der Waals surface area contributed by atoms with E-state index in [0.717, 1.165) is 44.5 Å². The molecule has 0 aromatic carbocycles. The zero-order valence-corrected chi connectivity index (χ0v) is 16.8. The van der Waals surface area contributed by atoms with Gasteiger partial charge in [0, 0.05) is 37.8 Å². The minimum Gasteiger partial charge on any atom is -0.378 e. The van der Waals surface area contributed by atoms with Gasteiger partial charge in [-0.25, -0.2) is 0 Å². The van der Waals surface area contributed by atoms with Gasteiger partial charge in [-0.05, 0) is 52.3 Å². The van der Waals surface area contributed by atoms with Crippen LogP contribution >= 0.6 is 12.2 Å². The Labute approximate surface area is 161 Å². The summed E-state index contributed by atoms with van der Waals surface area (Å²) in [6, 6.07) is 2.86. The lowest BCUT2D eigenvalue weighted by Crippen LogP contribution is -2.40. The summed E-state index contributed by atoms with van der Waals surface area (Å²) in [5.74, 6) is 2.47. The third-order valence-corrected chi connectivity index (χ3v) is 5.00. The molecule has 3 rings (SSSR count). The zero-order valence-electron chi connectivity index (χ0n) is 16.0. The average molecular weight is 379 g/mol. The minimum atomic E-state index is 0.263. The van der Waals surface area contributed by atoms with Gasteiger partial charge in [0.1, 0.15) is 11.6 Å². The number of nitrogens with zero attached hydrogens (tertiary/aromatic N) is 4. The number of hydrogen-bond acceptors (Lipinski definition) is 6. The first-order valence-corrected chi connectivity index (χ1v) is 9.99. The van der Waals surface area contributed by atoms with Crippen LogP contribution in [0.25, 0.3) is 0 Å². The summed E-state index contributed by atoms with van der Waals surface area (Å²) >= 11 is 5.39. The molecule has 1 aromatic rings. The van der Waals surface area contributed by atoms with E-state index in [2.05, 4.69) is 47.3 Å². The number of morpholine rings is 1. The first-order chi connectivity index (χ1) is 12.5. The number of piperidine rings is 1. The molecule has 1 unspecified atom stereocenters. The molecule has 0 bridgehead atoms. The summed E-state index contributed by atoms with van der Waals surface area (Å²) < 4.78 is 5.48. The van der Waals surface area contributed by atoms with E-state index in [1.54, 1.807) is 0 Å². The Morgan fingerprint density at radius 2 is 1.92 bits per heavy atom. The molecule has 0 radical (unpaired) electrons. The molecule has 144 valence electrons. The topological polar surface area (TPSA) is 65.6 Å². The summed E-state index contributed by atoms with van der Waals surface area (Å²) in [5.41, 5.74) is 0. The van der Waals surface area contributed by atoms with Gasteiger partial charge in [0.05, 0.1) is 13.2 Å². The molecule has 0 saturated carbocycles. The van der Waals surface area contributed by atoms with Crippen LogP contribution in [0, 0.1) is 0 Å². The molecule has 0 amide bonds. The highest BCUT2D eigenvalue weighted by Gasteiger charge is 2.23. The summed E-state index contributed by atoms with van der Waals surface area (Å²) in [5, 5.41) is 6.90. The second-order valence-electron chi connectivity index (χ2n) is 7.30. The summed E-state index contributed by atoms with van der Waals surface area (Å²) in [7, 11) is 0. The van der Waals surface area contributed by atoms with E-state index >= 15 is 0 Å². The average Bonchev–Trinajstić information content (AvgIpc) is 2.62. The van der Waals surface area contributed by atoms with E-state index in [0.29, 0.717) is 17.1 Å². The minimum absolute atomic E-state index is 0.263. The van der Waals surface area contributed by atoms with Crippen molar-refractivity contribution in [1.29, 1.82) is 0 Å². The maximum absolute atomic E-state index is 5.48. The maximum Gasteiger partial charge on any atom is 0.232 e. The number of rotatable bonds is 4. The van der Waals surface area contributed by atoms with Crippen molar-refractivity contribution in [2.75, 3.05) is 48.0 Å². The Bertz CT molecular complexity index is 620. The van der Waals surface area contributed by atoms with Crippen molar-refractivity contribution in [3.8, 4) is 0 Å². The fourth-order valence-electron chi connectivity index (χ4n) is 3.42. The van der Waals surface area contributed by atoms with Crippen molar-refractivity contribution < 1.29 is 4.74 Å². The molecule has 0 spiro atoms. The normalized spacial score (nSPS) is 21.0. The van der Waals surface area contributed by atoms with Crippen LogP contribution in [-0.4, -0.2) is 60.0 Å². The first-order valence-electron chi connectivity index (χ1n) is 9.59. The summed E-state index contributed by atoms with van der Waals surface area (Å²) in [6.07, 6.45) is 3.69. The lowest BCUT2D eigenvalue weighted by molar-refractivity contribution is 0.122. The number of ether oxygens (including phenoxy) is 1. The number of thiocarbonyl (C=S) groups is 1. The highest BCUT2D eigenvalue weighted by atomic mass is 32.1. The van der Waals surface area contributed by atoms with Gasteiger partial charge in [-0.15, -0.1) is 0 Å². The predicted octanol–water partition coefficient (Wildman–Crippen LogP) is 2.39. The molecule has 2 saturated heterocycles. The fourth-order valence-corrected chi connectivity index (χ4v) is 3.74. The van der Waals surface area contributed by atoms with Crippen molar-refractivity contribution in [2.45, 2.75) is 52.1 Å². The van der Waals surface area contributed by atoms with Crippen molar-refractivity contribution in [2.24, 2.45) is 0 Å². The molecular weight excluding hydrogens is 348 g/mol. The molecule has 2 aliphatic rings. The SMILES string of the molecule is CC(C)NC(=S)Nc1nc(N2CCOCC2)cc(N2CCCCC2C)n1. The van der Waals surface area contributed by atoms with Crippen LogP contribution < -0.4 is 20.4 Å². The number of hydrogen-bond donors (Lipinski definition) is 2. The Balaban J connectivity index is 1.86. The lowest BCUT2D eigenvalue weighted by Gasteiger charge is -2.35. The third kappa shape index (κ3) is 4.94. The van der Waals surface area contributed by atoms with Crippen LogP contribution in [0.5, 0.6) is 0 Å². The largest absolute Gasteiger partial charge is 0.378 e. The summed E-state index contributed by atoms with van der Waals surface area (Å²) in [4.78, 5) is 14.1. The fraction of sp³-hybridized carbons (Fsp3) is 0.722. The van der Waals surface area contributed by atoms with Crippen LogP contribution in [-0.2, 0) is 4.74 Å². The third-order valence-electron chi connectivity index (χ3n) is 4.78. The van der Waals surface area contributed by atoms with E-state index in [1.807, 2.05) is 0 Å². The molecule has 3 heterocycles. The molecular formula is C18H30N6OS. The van der Waals surface area contributed by atoms with Crippen molar-refractivity contribution in [3.05, 3.63) is 6.07 Å². The molecule has 0 aliphatic carbocycles. The van der Waals surface area contributed by atoms with Crippen LogP contribution in [0.1, 0.15) is 40.0 Å². The van der Waals surface area contributed by atoms with Crippen LogP contribution in [0.4, 0.5) is 17.6 Å². The molecule has 26 heavy (non-hydrogen) atoms. The van der Waals surface area contributed by atoms with E-state index in [4.69, 9.17) is 26.9 Å². The Morgan fingerprint density at radius 1 is 1.19 bits per heavy atom. The Kier molecular flexibility index (Phi) is 6.48. The molecule has 1 aromatic heterocycles. The van der Waals surface area contributed by atoms with Crippen LogP contribution in [0.2, 0.25) is 0 Å². The zero-order chi connectivity index (χ0) is 18.5. The Hall–Kier alpha value is -1.67. The number of anilines is 3. The van der Waals surface area contributed by atoms with Crippen LogP contribution in [0.15, 0.2) is 6.07 Å². The molecule has 2 aliphatic heterocycles. The molecule has 7 nitrogen and oxygen atoms in total. The Morgan fingerprint density at radius 3 is 2.62 bits per heavy atom. The van der Waals surface area contributed by atoms with E-state index < -0.39 is 0 Å². The van der Waals surface area contributed by atoms with Gasteiger partial charge in [0.15, 0.2) is 5.11 Å². The highest BCUT2D eigenvalue weighted by Crippen LogP contribution is 2.27.